The van der Waals surface area contributed by atoms with E-state index in [2.05, 4.69) is 31.9 Å². The normalized spacial score (nSPS) is 20.0. The summed E-state index contributed by atoms with van der Waals surface area (Å²) in [6, 6.07) is 4.61. The Labute approximate surface area is 175 Å². The Morgan fingerprint density at radius 3 is 2.69 bits per heavy atom. The van der Waals surface area contributed by atoms with E-state index in [4.69, 9.17) is 0 Å². The maximum atomic E-state index is 14.1. The highest BCUT2D eigenvalue weighted by Crippen LogP contribution is 2.43. The summed E-state index contributed by atoms with van der Waals surface area (Å²) < 4.78 is 42.3. The Bertz CT molecular complexity index is 996. The zero-order valence-electron chi connectivity index (χ0n) is 16.0. The van der Waals surface area contributed by atoms with Crippen molar-refractivity contribution in [1.29, 1.82) is 0 Å². The number of hydrogen-bond acceptors (Lipinski definition) is 3. The Morgan fingerprint density at radius 1 is 1.21 bits per heavy atom. The van der Waals surface area contributed by atoms with Crippen LogP contribution in [0.2, 0.25) is 0 Å². The average Bonchev–Trinajstić information content (AvgIpc) is 3.09. The summed E-state index contributed by atoms with van der Waals surface area (Å²) in [4.78, 5) is 12.6. The molecule has 4 rings (SSSR count). The maximum Gasteiger partial charge on any atom is 0.251 e. The van der Waals surface area contributed by atoms with Crippen LogP contribution in [-0.2, 0) is 6.42 Å². The molecule has 29 heavy (non-hydrogen) atoms. The number of carbonyl (C=O) groups is 1. The molecule has 0 fully saturated rings. The smallest absolute Gasteiger partial charge is 0.251 e. The standard InChI is InChI=1S/C21H21BrF3N3O/c1-9(2)27-21(29)11-3-5-14(22)19-10(11)4-6-16(28-19)13-8-26-20-12(13)7-15(23)17(24)18(20)25/h3,5,7,9,13,16,26,28H,4,6,8H2,1-2H3,(H,27,29). The number of anilines is 2. The van der Waals surface area contributed by atoms with Crippen LogP contribution in [0.5, 0.6) is 0 Å². The molecule has 8 heteroatoms. The zero-order valence-corrected chi connectivity index (χ0v) is 17.6. The van der Waals surface area contributed by atoms with Crippen LogP contribution in [0.1, 0.15) is 47.7 Å². The predicted molar refractivity (Wildman–Crippen MR) is 110 cm³/mol. The second-order valence-corrected chi connectivity index (χ2v) is 8.66. The SMILES string of the molecule is CC(C)NC(=O)c1ccc(Br)c2c1CCC(C1CNc3c1cc(F)c(F)c3F)N2. The molecule has 4 nitrogen and oxygen atoms in total. The fourth-order valence-electron chi connectivity index (χ4n) is 4.21. The number of fused-ring (bicyclic) bond motifs is 2. The van der Waals surface area contributed by atoms with E-state index in [-0.39, 0.29) is 29.6 Å². The third-order valence-corrected chi connectivity index (χ3v) is 6.20. The summed E-state index contributed by atoms with van der Waals surface area (Å²) in [5, 5.41) is 9.24. The first kappa shape index (κ1) is 20.1. The van der Waals surface area contributed by atoms with Crippen LogP contribution in [0.3, 0.4) is 0 Å². The molecule has 2 aromatic carbocycles. The van der Waals surface area contributed by atoms with Crippen LogP contribution in [0.15, 0.2) is 22.7 Å². The second-order valence-electron chi connectivity index (χ2n) is 7.80. The van der Waals surface area contributed by atoms with Crippen molar-refractivity contribution >= 4 is 33.2 Å². The average molecular weight is 468 g/mol. The first-order valence-corrected chi connectivity index (χ1v) is 10.4. The highest BCUT2D eigenvalue weighted by Gasteiger charge is 2.36. The van der Waals surface area contributed by atoms with Gasteiger partial charge in [0.05, 0.1) is 11.4 Å². The fourth-order valence-corrected chi connectivity index (χ4v) is 4.70. The molecule has 0 radical (unpaired) electrons. The highest BCUT2D eigenvalue weighted by atomic mass is 79.9. The second kappa shape index (κ2) is 7.55. The Balaban J connectivity index is 1.65. The van der Waals surface area contributed by atoms with Gasteiger partial charge in [-0.2, -0.15) is 0 Å². The number of hydrogen-bond donors (Lipinski definition) is 3. The van der Waals surface area contributed by atoms with Gasteiger partial charge in [0.1, 0.15) is 0 Å². The first-order valence-electron chi connectivity index (χ1n) is 9.58. The number of benzene rings is 2. The van der Waals surface area contributed by atoms with Crippen molar-refractivity contribution in [2.45, 2.75) is 44.7 Å². The van der Waals surface area contributed by atoms with Crippen molar-refractivity contribution in [3.8, 4) is 0 Å². The molecular weight excluding hydrogens is 447 g/mol. The van der Waals surface area contributed by atoms with Gasteiger partial charge in [-0.15, -0.1) is 0 Å². The van der Waals surface area contributed by atoms with Gasteiger partial charge in [0.15, 0.2) is 17.5 Å². The van der Waals surface area contributed by atoms with Crippen molar-refractivity contribution in [1.82, 2.24) is 5.32 Å². The summed E-state index contributed by atoms with van der Waals surface area (Å²) >= 11 is 3.54. The number of halogens is 4. The van der Waals surface area contributed by atoms with Crippen LogP contribution in [0.25, 0.3) is 0 Å². The van der Waals surface area contributed by atoms with E-state index in [1.165, 1.54) is 0 Å². The van der Waals surface area contributed by atoms with Gasteiger partial charge in [0.25, 0.3) is 5.91 Å². The van der Waals surface area contributed by atoms with Gasteiger partial charge in [-0.25, -0.2) is 13.2 Å². The van der Waals surface area contributed by atoms with E-state index in [0.717, 1.165) is 21.8 Å². The molecule has 0 bridgehead atoms. The summed E-state index contributed by atoms with van der Waals surface area (Å²) in [6.07, 6.45) is 1.32. The lowest BCUT2D eigenvalue weighted by Gasteiger charge is -2.33. The van der Waals surface area contributed by atoms with Crippen molar-refractivity contribution < 1.29 is 18.0 Å². The largest absolute Gasteiger partial charge is 0.382 e. The molecule has 2 aliphatic heterocycles. The minimum absolute atomic E-state index is 0.0253. The van der Waals surface area contributed by atoms with Gasteiger partial charge >= 0.3 is 0 Å². The molecule has 0 aromatic heterocycles. The predicted octanol–water partition coefficient (Wildman–Crippen LogP) is 4.94. The first-order chi connectivity index (χ1) is 13.8. The van der Waals surface area contributed by atoms with Gasteiger partial charge < -0.3 is 16.0 Å². The molecule has 1 amide bonds. The number of rotatable bonds is 3. The minimum atomic E-state index is -1.46. The molecular formula is C21H21BrF3N3O. The van der Waals surface area contributed by atoms with Crippen molar-refractivity contribution in [2.24, 2.45) is 0 Å². The molecule has 0 saturated heterocycles. The molecule has 2 unspecified atom stereocenters. The summed E-state index contributed by atoms with van der Waals surface area (Å²) in [6.45, 7) is 4.19. The maximum absolute atomic E-state index is 14.1. The molecule has 0 spiro atoms. The Kier molecular flexibility index (Phi) is 5.23. The molecule has 2 heterocycles. The Morgan fingerprint density at radius 2 is 1.97 bits per heavy atom. The summed E-state index contributed by atoms with van der Waals surface area (Å²) in [5.41, 5.74) is 2.82. The molecule has 2 aromatic rings. The summed E-state index contributed by atoms with van der Waals surface area (Å²) in [7, 11) is 0. The van der Waals surface area contributed by atoms with Gasteiger partial charge in [0.2, 0.25) is 0 Å². The lowest BCUT2D eigenvalue weighted by Crippen LogP contribution is -2.35. The number of amides is 1. The van der Waals surface area contributed by atoms with Gasteiger partial charge in [-0.1, -0.05) is 0 Å². The van der Waals surface area contributed by atoms with Crippen molar-refractivity contribution in [3.05, 3.63) is 56.8 Å². The van der Waals surface area contributed by atoms with Gasteiger partial charge in [0, 0.05) is 34.6 Å². The third-order valence-electron chi connectivity index (χ3n) is 5.54. The van der Waals surface area contributed by atoms with Crippen LogP contribution >= 0.6 is 15.9 Å². The summed E-state index contributed by atoms with van der Waals surface area (Å²) in [5.74, 6) is -4.16. The van der Waals surface area contributed by atoms with Gasteiger partial charge in [-0.3, -0.25) is 4.79 Å². The molecule has 3 N–H and O–H groups in total. The van der Waals surface area contributed by atoms with Crippen LogP contribution in [0.4, 0.5) is 24.5 Å². The molecule has 0 aliphatic carbocycles. The van der Waals surface area contributed by atoms with Crippen molar-refractivity contribution in [2.75, 3.05) is 17.2 Å². The highest BCUT2D eigenvalue weighted by molar-refractivity contribution is 9.10. The molecule has 2 aliphatic rings. The van der Waals surface area contributed by atoms with Crippen LogP contribution in [0, 0.1) is 17.5 Å². The van der Waals surface area contributed by atoms with E-state index in [1.54, 1.807) is 6.07 Å². The fraction of sp³-hybridized carbons (Fsp3) is 0.381. The monoisotopic (exact) mass is 467 g/mol. The Hall–Kier alpha value is -2.22. The lowest BCUT2D eigenvalue weighted by molar-refractivity contribution is 0.0942. The van der Waals surface area contributed by atoms with E-state index in [9.17, 15) is 18.0 Å². The number of nitrogens with one attached hydrogen (secondary N) is 3. The number of carbonyl (C=O) groups excluding carboxylic acids is 1. The zero-order chi connectivity index (χ0) is 20.9. The van der Waals surface area contributed by atoms with E-state index in [0.29, 0.717) is 30.5 Å². The van der Waals surface area contributed by atoms with Crippen LogP contribution in [-0.4, -0.2) is 24.5 Å². The minimum Gasteiger partial charge on any atom is -0.382 e. The van der Waals surface area contributed by atoms with E-state index in [1.807, 2.05) is 19.9 Å². The van der Waals surface area contributed by atoms with E-state index >= 15 is 0 Å². The third kappa shape index (κ3) is 3.47. The van der Waals surface area contributed by atoms with Gasteiger partial charge in [-0.05, 0) is 71.9 Å². The van der Waals surface area contributed by atoms with Crippen molar-refractivity contribution in [3.63, 3.8) is 0 Å². The topological polar surface area (TPSA) is 53.2 Å². The lowest BCUT2D eigenvalue weighted by atomic mass is 9.84. The van der Waals surface area contributed by atoms with Crippen LogP contribution < -0.4 is 16.0 Å². The molecule has 2 atom stereocenters. The van der Waals surface area contributed by atoms with E-state index < -0.39 is 17.5 Å². The quantitative estimate of drug-likeness (QED) is 0.560. The molecule has 0 saturated carbocycles. The molecule has 154 valence electrons.